The number of carbonyl (C=O) groups is 2. The molecule has 7 nitrogen and oxygen atoms in total. The van der Waals surface area contributed by atoms with Crippen LogP contribution >= 0.6 is 11.6 Å². The molecular formula is C19H16ClNO6. The van der Waals surface area contributed by atoms with E-state index in [2.05, 4.69) is 4.74 Å². The first-order valence-electron chi connectivity index (χ1n) is 7.85. The quantitative estimate of drug-likeness (QED) is 0.236. The maximum absolute atomic E-state index is 12.3. The fraction of sp³-hybridized carbons (Fsp3) is 0.158. The van der Waals surface area contributed by atoms with E-state index in [0.29, 0.717) is 10.6 Å². The number of ether oxygens (including phenoxy) is 2. The van der Waals surface area contributed by atoms with Gasteiger partial charge < -0.3 is 9.47 Å². The molecule has 8 heteroatoms. The molecule has 140 valence electrons. The Morgan fingerprint density at radius 2 is 1.89 bits per heavy atom. The van der Waals surface area contributed by atoms with Gasteiger partial charge in [-0.2, -0.15) is 0 Å². The number of halogens is 1. The molecule has 2 aromatic rings. The summed E-state index contributed by atoms with van der Waals surface area (Å²) in [6.07, 6.45) is 1.21. The van der Waals surface area contributed by atoms with Gasteiger partial charge in [0.2, 0.25) is 12.3 Å². The topological polar surface area (TPSA) is 95.7 Å². The van der Waals surface area contributed by atoms with E-state index in [0.717, 1.165) is 7.11 Å². The summed E-state index contributed by atoms with van der Waals surface area (Å²) < 4.78 is 9.78. The number of nitro groups is 1. The third-order valence-corrected chi connectivity index (χ3v) is 3.81. The molecule has 0 spiro atoms. The van der Waals surface area contributed by atoms with E-state index < -0.39 is 35.1 Å². The van der Waals surface area contributed by atoms with E-state index in [9.17, 15) is 19.7 Å². The maximum atomic E-state index is 12.3. The molecule has 0 heterocycles. The molecule has 0 aromatic heterocycles. The minimum absolute atomic E-state index is 0.128. The minimum atomic E-state index is -0.922. The standard InChI is InChI=1S/C19H16ClNO6/c1-26-19(23)17(27-18(22)14-8-5-9-16(20)10-14)11-15(12-21(24)25)13-6-3-2-4-7-13/h2-11,15H,12H2,1H3/b17-11-/t15-/m0/s1. The average Bonchev–Trinajstić information content (AvgIpc) is 2.66. The summed E-state index contributed by atoms with van der Waals surface area (Å²) >= 11 is 5.85. The van der Waals surface area contributed by atoms with Gasteiger partial charge in [0.05, 0.1) is 18.6 Å². The molecule has 0 saturated carbocycles. The molecule has 0 bridgehead atoms. The van der Waals surface area contributed by atoms with Crippen LogP contribution in [0, 0.1) is 10.1 Å². The third-order valence-electron chi connectivity index (χ3n) is 3.58. The van der Waals surface area contributed by atoms with Gasteiger partial charge in [-0.15, -0.1) is 0 Å². The van der Waals surface area contributed by atoms with Crippen LogP contribution in [0.25, 0.3) is 0 Å². The number of rotatable bonds is 7. The lowest BCUT2D eigenvalue weighted by Crippen LogP contribution is -2.17. The lowest BCUT2D eigenvalue weighted by Gasteiger charge is -2.12. The van der Waals surface area contributed by atoms with Gasteiger partial charge in [0.15, 0.2) is 0 Å². The van der Waals surface area contributed by atoms with Crippen LogP contribution in [0.2, 0.25) is 5.02 Å². The van der Waals surface area contributed by atoms with Crippen molar-refractivity contribution in [2.75, 3.05) is 13.7 Å². The second-order valence-electron chi connectivity index (χ2n) is 5.45. The number of hydrogen-bond acceptors (Lipinski definition) is 6. The van der Waals surface area contributed by atoms with Crippen molar-refractivity contribution in [2.45, 2.75) is 5.92 Å². The molecular weight excluding hydrogens is 374 g/mol. The minimum Gasteiger partial charge on any atom is -0.463 e. The molecule has 2 rings (SSSR count). The molecule has 2 aromatic carbocycles. The summed E-state index contributed by atoms with van der Waals surface area (Å²) in [6, 6.07) is 14.5. The van der Waals surface area contributed by atoms with Crippen LogP contribution in [0.3, 0.4) is 0 Å². The average molecular weight is 390 g/mol. The summed E-state index contributed by atoms with van der Waals surface area (Å²) in [7, 11) is 1.12. The number of nitrogens with zero attached hydrogens (tertiary/aromatic N) is 1. The van der Waals surface area contributed by atoms with E-state index in [1.54, 1.807) is 42.5 Å². The van der Waals surface area contributed by atoms with E-state index in [1.807, 2.05) is 0 Å². The zero-order valence-electron chi connectivity index (χ0n) is 14.3. The van der Waals surface area contributed by atoms with Gasteiger partial charge in [-0.1, -0.05) is 48.0 Å². The first-order chi connectivity index (χ1) is 12.9. The molecule has 0 aliphatic rings. The molecule has 0 fully saturated rings. The van der Waals surface area contributed by atoms with Gasteiger partial charge in [0, 0.05) is 9.95 Å². The van der Waals surface area contributed by atoms with Gasteiger partial charge >= 0.3 is 11.9 Å². The van der Waals surface area contributed by atoms with Crippen molar-refractivity contribution >= 4 is 23.5 Å². The fourth-order valence-electron chi connectivity index (χ4n) is 2.32. The monoisotopic (exact) mass is 389 g/mol. The Morgan fingerprint density at radius 1 is 1.19 bits per heavy atom. The van der Waals surface area contributed by atoms with Gasteiger partial charge in [-0.05, 0) is 29.8 Å². The second-order valence-corrected chi connectivity index (χ2v) is 5.89. The van der Waals surface area contributed by atoms with Crippen LogP contribution < -0.4 is 0 Å². The Bertz CT molecular complexity index is 866. The van der Waals surface area contributed by atoms with Crippen molar-refractivity contribution in [2.24, 2.45) is 0 Å². The van der Waals surface area contributed by atoms with E-state index in [4.69, 9.17) is 16.3 Å². The first kappa shape index (κ1) is 20.1. The fourth-order valence-corrected chi connectivity index (χ4v) is 2.51. The molecule has 27 heavy (non-hydrogen) atoms. The van der Waals surface area contributed by atoms with E-state index >= 15 is 0 Å². The van der Waals surface area contributed by atoms with Crippen molar-refractivity contribution in [1.29, 1.82) is 0 Å². The Labute approximate surface area is 160 Å². The van der Waals surface area contributed by atoms with Crippen LogP contribution in [-0.4, -0.2) is 30.5 Å². The highest BCUT2D eigenvalue weighted by Gasteiger charge is 2.23. The predicted octanol–water partition coefficient (Wildman–Crippen LogP) is 3.61. The van der Waals surface area contributed by atoms with Crippen LogP contribution in [0.4, 0.5) is 0 Å². The highest BCUT2D eigenvalue weighted by Crippen LogP contribution is 2.21. The molecule has 0 amide bonds. The highest BCUT2D eigenvalue weighted by atomic mass is 35.5. The van der Waals surface area contributed by atoms with Gasteiger partial charge in [0.25, 0.3) is 0 Å². The summed E-state index contributed by atoms with van der Waals surface area (Å²) in [5.74, 6) is -2.97. The van der Waals surface area contributed by atoms with Crippen LogP contribution in [-0.2, 0) is 14.3 Å². The Morgan fingerprint density at radius 3 is 2.48 bits per heavy atom. The Kier molecular flexibility index (Phi) is 7.08. The van der Waals surface area contributed by atoms with E-state index in [1.165, 1.54) is 18.2 Å². The Hall–Kier alpha value is -3.19. The number of benzene rings is 2. The first-order valence-corrected chi connectivity index (χ1v) is 8.23. The zero-order valence-corrected chi connectivity index (χ0v) is 15.1. The van der Waals surface area contributed by atoms with Crippen molar-refractivity contribution in [3.63, 3.8) is 0 Å². The van der Waals surface area contributed by atoms with Crippen molar-refractivity contribution < 1.29 is 24.0 Å². The summed E-state index contributed by atoms with van der Waals surface area (Å²) in [6.45, 7) is -0.487. The second kappa shape index (κ2) is 9.49. The molecule has 1 atom stereocenters. The lowest BCUT2D eigenvalue weighted by atomic mass is 9.98. The van der Waals surface area contributed by atoms with Crippen LogP contribution in [0.5, 0.6) is 0 Å². The van der Waals surface area contributed by atoms with Crippen molar-refractivity contribution in [3.05, 3.63) is 92.7 Å². The predicted molar refractivity (Wildman–Crippen MR) is 98.0 cm³/mol. The summed E-state index contributed by atoms with van der Waals surface area (Å²) in [4.78, 5) is 34.8. The molecule has 0 N–H and O–H groups in total. The number of carbonyl (C=O) groups excluding carboxylic acids is 2. The Balaban J connectivity index is 2.36. The molecule has 0 aliphatic heterocycles. The number of methoxy groups -OCH3 is 1. The summed E-state index contributed by atoms with van der Waals surface area (Å²) in [5.41, 5.74) is 0.720. The molecule has 0 radical (unpaired) electrons. The largest absolute Gasteiger partial charge is 0.463 e. The van der Waals surface area contributed by atoms with Crippen LogP contribution in [0.1, 0.15) is 21.8 Å². The third kappa shape index (κ3) is 5.93. The lowest BCUT2D eigenvalue weighted by molar-refractivity contribution is -0.481. The zero-order chi connectivity index (χ0) is 19.8. The highest BCUT2D eigenvalue weighted by molar-refractivity contribution is 6.30. The van der Waals surface area contributed by atoms with Gasteiger partial charge in [-0.3, -0.25) is 10.1 Å². The number of hydrogen-bond donors (Lipinski definition) is 0. The van der Waals surface area contributed by atoms with Crippen molar-refractivity contribution in [1.82, 2.24) is 0 Å². The number of esters is 2. The van der Waals surface area contributed by atoms with Crippen LogP contribution in [0.15, 0.2) is 66.4 Å². The van der Waals surface area contributed by atoms with Gasteiger partial charge in [0.1, 0.15) is 0 Å². The molecule has 0 aliphatic carbocycles. The smallest absolute Gasteiger partial charge is 0.373 e. The summed E-state index contributed by atoms with van der Waals surface area (Å²) in [5, 5.41) is 11.3. The van der Waals surface area contributed by atoms with E-state index in [-0.39, 0.29) is 5.56 Å². The van der Waals surface area contributed by atoms with Gasteiger partial charge in [-0.25, -0.2) is 9.59 Å². The van der Waals surface area contributed by atoms with Crippen molar-refractivity contribution in [3.8, 4) is 0 Å². The molecule has 0 unspecified atom stereocenters. The normalized spacial score (nSPS) is 12.1. The SMILES string of the molecule is COC(=O)/C(=C/[C@@H](C[N+](=O)[O-])c1ccccc1)OC(=O)c1cccc(Cl)c1. The molecule has 0 saturated heterocycles. The maximum Gasteiger partial charge on any atom is 0.373 e.